The summed E-state index contributed by atoms with van der Waals surface area (Å²) in [6, 6.07) is 0.496. The molecule has 0 spiro atoms. The van der Waals surface area contributed by atoms with Gasteiger partial charge < -0.3 is 10.5 Å². The Morgan fingerprint density at radius 1 is 1.29 bits per heavy atom. The zero-order valence-electron chi connectivity index (χ0n) is 9.42. The summed E-state index contributed by atoms with van der Waals surface area (Å²) in [4.78, 5) is 0. The van der Waals surface area contributed by atoms with Gasteiger partial charge in [0.2, 0.25) is 0 Å². The average molecular weight is 245 g/mol. The maximum absolute atomic E-state index is 13.5. The standard InChI is InChI=1S/C12H14F3NO/c1-6-2-7(5-17-6)12(16)11-9(14)3-8(13)4-10(11)15/h3-4,6-7,12H,2,5,16H2,1H3. The number of hydrogen-bond donors (Lipinski definition) is 1. The number of rotatable bonds is 2. The molecule has 2 nitrogen and oxygen atoms in total. The molecule has 2 N–H and O–H groups in total. The van der Waals surface area contributed by atoms with Crippen molar-refractivity contribution in [2.24, 2.45) is 11.7 Å². The summed E-state index contributed by atoms with van der Waals surface area (Å²) in [6.07, 6.45) is 0.690. The first-order valence-electron chi connectivity index (χ1n) is 5.50. The molecule has 1 aromatic rings. The molecule has 5 heteroatoms. The molecule has 1 fully saturated rings. The zero-order valence-corrected chi connectivity index (χ0v) is 9.42. The molecule has 1 heterocycles. The van der Waals surface area contributed by atoms with Gasteiger partial charge in [-0.1, -0.05) is 0 Å². The molecule has 0 amide bonds. The molecular weight excluding hydrogens is 231 g/mol. The van der Waals surface area contributed by atoms with Gasteiger partial charge in [-0.25, -0.2) is 13.2 Å². The Bertz CT molecular complexity index is 401. The van der Waals surface area contributed by atoms with E-state index in [1.165, 1.54) is 0 Å². The highest BCUT2D eigenvalue weighted by atomic mass is 19.1. The third kappa shape index (κ3) is 2.45. The van der Waals surface area contributed by atoms with Crippen LogP contribution in [0.4, 0.5) is 13.2 Å². The molecule has 0 radical (unpaired) electrons. The van der Waals surface area contributed by atoms with Gasteiger partial charge in [0.15, 0.2) is 0 Å². The lowest BCUT2D eigenvalue weighted by Crippen LogP contribution is -2.24. The lowest BCUT2D eigenvalue weighted by molar-refractivity contribution is 0.118. The van der Waals surface area contributed by atoms with Crippen LogP contribution in [-0.2, 0) is 4.74 Å². The first kappa shape index (κ1) is 12.4. The molecule has 0 saturated carbocycles. The van der Waals surface area contributed by atoms with E-state index in [0.717, 1.165) is 0 Å². The topological polar surface area (TPSA) is 35.2 Å². The average Bonchev–Trinajstić information content (AvgIpc) is 2.63. The SMILES string of the molecule is CC1CC(C(N)c2c(F)cc(F)cc2F)CO1. The Hall–Kier alpha value is -1.07. The van der Waals surface area contributed by atoms with E-state index in [1.54, 1.807) is 0 Å². The van der Waals surface area contributed by atoms with Crippen LogP contribution in [0.25, 0.3) is 0 Å². The van der Waals surface area contributed by atoms with Crippen molar-refractivity contribution in [3.8, 4) is 0 Å². The third-order valence-corrected chi connectivity index (χ3v) is 3.11. The second-order valence-corrected chi connectivity index (χ2v) is 4.45. The minimum atomic E-state index is -0.938. The van der Waals surface area contributed by atoms with Crippen molar-refractivity contribution in [2.45, 2.75) is 25.5 Å². The molecule has 1 saturated heterocycles. The van der Waals surface area contributed by atoms with E-state index in [9.17, 15) is 13.2 Å². The number of hydrogen-bond acceptors (Lipinski definition) is 2. The van der Waals surface area contributed by atoms with Crippen LogP contribution >= 0.6 is 0 Å². The fourth-order valence-electron chi connectivity index (χ4n) is 2.21. The summed E-state index contributed by atoms with van der Waals surface area (Å²) in [7, 11) is 0. The summed E-state index contributed by atoms with van der Waals surface area (Å²) in [5.41, 5.74) is 5.58. The lowest BCUT2D eigenvalue weighted by Gasteiger charge is -2.19. The molecule has 17 heavy (non-hydrogen) atoms. The van der Waals surface area contributed by atoms with Crippen LogP contribution in [-0.4, -0.2) is 12.7 Å². The molecule has 1 aliphatic rings. The maximum Gasteiger partial charge on any atom is 0.133 e. The zero-order chi connectivity index (χ0) is 12.6. The summed E-state index contributed by atoms with van der Waals surface area (Å²) in [6.45, 7) is 2.25. The number of ether oxygens (including phenoxy) is 1. The highest BCUT2D eigenvalue weighted by Gasteiger charge is 2.31. The maximum atomic E-state index is 13.5. The largest absolute Gasteiger partial charge is 0.378 e. The van der Waals surface area contributed by atoms with Gasteiger partial charge in [-0.15, -0.1) is 0 Å². The second-order valence-electron chi connectivity index (χ2n) is 4.45. The van der Waals surface area contributed by atoms with Crippen LogP contribution in [0.15, 0.2) is 12.1 Å². The normalized spacial score (nSPS) is 26.2. The van der Waals surface area contributed by atoms with E-state index in [0.29, 0.717) is 25.2 Å². The van der Waals surface area contributed by atoms with Crippen molar-refractivity contribution < 1.29 is 17.9 Å². The molecule has 0 bridgehead atoms. The van der Waals surface area contributed by atoms with Gasteiger partial charge >= 0.3 is 0 Å². The van der Waals surface area contributed by atoms with Crippen molar-refractivity contribution >= 4 is 0 Å². The summed E-state index contributed by atoms with van der Waals surface area (Å²) >= 11 is 0. The van der Waals surface area contributed by atoms with Gasteiger partial charge in [0.25, 0.3) is 0 Å². The Morgan fingerprint density at radius 2 is 1.88 bits per heavy atom. The highest BCUT2D eigenvalue weighted by Crippen LogP contribution is 2.32. The van der Waals surface area contributed by atoms with E-state index in [-0.39, 0.29) is 17.6 Å². The predicted molar refractivity (Wildman–Crippen MR) is 56.8 cm³/mol. The van der Waals surface area contributed by atoms with Crippen molar-refractivity contribution in [1.29, 1.82) is 0 Å². The molecule has 1 aromatic carbocycles. The van der Waals surface area contributed by atoms with Crippen molar-refractivity contribution in [3.63, 3.8) is 0 Å². The van der Waals surface area contributed by atoms with Gasteiger partial charge in [0.1, 0.15) is 17.5 Å². The molecular formula is C12H14F3NO. The van der Waals surface area contributed by atoms with E-state index < -0.39 is 23.5 Å². The number of nitrogens with two attached hydrogens (primary N) is 1. The van der Waals surface area contributed by atoms with Gasteiger partial charge in [0.05, 0.1) is 12.7 Å². The van der Waals surface area contributed by atoms with Crippen molar-refractivity contribution in [1.82, 2.24) is 0 Å². The first-order valence-corrected chi connectivity index (χ1v) is 5.50. The molecule has 94 valence electrons. The van der Waals surface area contributed by atoms with Gasteiger partial charge in [0, 0.05) is 29.7 Å². The van der Waals surface area contributed by atoms with Crippen LogP contribution in [0.5, 0.6) is 0 Å². The highest BCUT2D eigenvalue weighted by molar-refractivity contribution is 5.24. The first-order chi connectivity index (χ1) is 7.99. The third-order valence-electron chi connectivity index (χ3n) is 3.11. The Morgan fingerprint density at radius 3 is 2.35 bits per heavy atom. The van der Waals surface area contributed by atoms with Crippen molar-refractivity contribution in [2.75, 3.05) is 6.61 Å². The predicted octanol–water partition coefficient (Wildman–Crippen LogP) is 2.53. The van der Waals surface area contributed by atoms with E-state index in [4.69, 9.17) is 10.5 Å². The smallest absolute Gasteiger partial charge is 0.133 e. The quantitative estimate of drug-likeness (QED) is 0.869. The van der Waals surface area contributed by atoms with Crippen LogP contribution in [0.3, 0.4) is 0 Å². The van der Waals surface area contributed by atoms with Crippen LogP contribution in [0.2, 0.25) is 0 Å². The molecule has 1 aliphatic heterocycles. The van der Waals surface area contributed by atoms with Crippen LogP contribution in [0, 0.1) is 23.4 Å². The molecule has 3 atom stereocenters. The van der Waals surface area contributed by atoms with E-state index in [2.05, 4.69) is 0 Å². The fourth-order valence-corrected chi connectivity index (χ4v) is 2.21. The lowest BCUT2D eigenvalue weighted by atomic mass is 9.91. The monoisotopic (exact) mass is 245 g/mol. The van der Waals surface area contributed by atoms with Gasteiger partial charge in [-0.3, -0.25) is 0 Å². The minimum absolute atomic E-state index is 0.0395. The van der Waals surface area contributed by atoms with E-state index >= 15 is 0 Å². The molecule has 2 rings (SSSR count). The Balaban J connectivity index is 2.27. The summed E-state index contributed by atoms with van der Waals surface area (Å²) in [5.74, 6) is -2.95. The number of benzene rings is 1. The van der Waals surface area contributed by atoms with Crippen LogP contribution in [0.1, 0.15) is 24.9 Å². The second kappa shape index (κ2) is 4.66. The fraction of sp³-hybridized carbons (Fsp3) is 0.500. The minimum Gasteiger partial charge on any atom is -0.378 e. The molecule has 0 aromatic heterocycles. The Kier molecular flexibility index (Phi) is 3.40. The Labute approximate surface area is 97.6 Å². The number of halogens is 3. The summed E-state index contributed by atoms with van der Waals surface area (Å²) < 4.78 is 45.1. The van der Waals surface area contributed by atoms with Crippen molar-refractivity contribution in [3.05, 3.63) is 35.1 Å². The summed E-state index contributed by atoms with van der Waals surface area (Å²) in [5, 5.41) is 0. The molecule has 3 unspecified atom stereocenters. The van der Waals surface area contributed by atoms with Crippen LogP contribution < -0.4 is 5.73 Å². The van der Waals surface area contributed by atoms with E-state index in [1.807, 2.05) is 6.92 Å². The van der Waals surface area contributed by atoms with Gasteiger partial charge in [-0.2, -0.15) is 0 Å². The van der Waals surface area contributed by atoms with Gasteiger partial charge in [-0.05, 0) is 13.3 Å². The molecule has 0 aliphatic carbocycles.